The van der Waals surface area contributed by atoms with E-state index >= 15 is 0 Å². The third-order valence-corrected chi connectivity index (χ3v) is 7.25. The van der Waals surface area contributed by atoms with Crippen LogP contribution in [0, 0.1) is 22.7 Å². The van der Waals surface area contributed by atoms with Crippen molar-refractivity contribution < 1.29 is 9.53 Å². The van der Waals surface area contributed by atoms with E-state index in [0.717, 1.165) is 19.4 Å². The summed E-state index contributed by atoms with van der Waals surface area (Å²) < 4.78 is 6.25. The van der Waals surface area contributed by atoms with Gasteiger partial charge >= 0.3 is 0 Å². The molecular weight excluding hydrogens is 298 g/mol. The van der Waals surface area contributed by atoms with Crippen molar-refractivity contribution in [3.8, 4) is 0 Å². The van der Waals surface area contributed by atoms with Crippen LogP contribution in [-0.2, 0) is 16.0 Å². The van der Waals surface area contributed by atoms with E-state index in [-0.39, 0.29) is 22.8 Å². The van der Waals surface area contributed by atoms with Crippen LogP contribution < -0.4 is 5.32 Å². The molecule has 3 aliphatic rings. The summed E-state index contributed by atoms with van der Waals surface area (Å²) in [6.07, 6.45) is 4.88. The summed E-state index contributed by atoms with van der Waals surface area (Å²) in [5, 5.41) is 3.34. The zero-order chi connectivity index (χ0) is 16.9. The second kappa shape index (κ2) is 5.59. The van der Waals surface area contributed by atoms with E-state index in [1.54, 1.807) is 6.92 Å². The minimum Gasteiger partial charge on any atom is -0.378 e. The number of hydrogen-bond donors (Lipinski definition) is 1. The van der Waals surface area contributed by atoms with Crippen molar-refractivity contribution in [1.82, 2.24) is 5.32 Å². The Balaban J connectivity index is 1.62. The normalized spacial score (nSPS) is 39.5. The van der Waals surface area contributed by atoms with Crippen molar-refractivity contribution in [2.24, 2.45) is 22.7 Å². The molecule has 1 amide bonds. The third-order valence-electron chi connectivity index (χ3n) is 7.25. The lowest BCUT2D eigenvalue weighted by Gasteiger charge is -2.53. The molecule has 0 aromatic heterocycles. The number of benzene rings is 1. The van der Waals surface area contributed by atoms with Gasteiger partial charge in [0.25, 0.3) is 0 Å². The molecule has 2 bridgehead atoms. The van der Waals surface area contributed by atoms with Crippen molar-refractivity contribution in [1.29, 1.82) is 0 Å². The molecule has 1 unspecified atom stereocenters. The molecule has 1 aliphatic heterocycles. The predicted molar refractivity (Wildman–Crippen MR) is 94.5 cm³/mol. The predicted octanol–water partition coefficient (Wildman–Crippen LogP) is 3.58. The van der Waals surface area contributed by atoms with E-state index in [2.05, 4.69) is 49.5 Å². The molecule has 1 aromatic carbocycles. The van der Waals surface area contributed by atoms with Gasteiger partial charge in [0, 0.05) is 19.6 Å². The molecule has 5 atom stereocenters. The highest BCUT2D eigenvalue weighted by atomic mass is 16.5. The summed E-state index contributed by atoms with van der Waals surface area (Å²) in [5.74, 6) is 1.38. The fourth-order valence-corrected chi connectivity index (χ4v) is 6.16. The average Bonchev–Trinajstić information content (AvgIpc) is 3.02. The summed E-state index contributed by atoms with van der Waals surface area (Å²) in [6, 6.07) is 11.0. The summed E-state index contributed by atoms with van der Waals surface area (Å²) in [5.41, 5.74) is 1.78. The van der Waals surface area contributed by atoms with Crippen LogP contribution in [0.4, 0.5) is 0 Å². The van der Waals surface area contributed by atoms with Gasteiger partial charge in [0.15, 0.2) is 0 Å². The second-order valence-corrected chi connectivity index (χ2v) is 8.78. The van der Waals surface area contributed by atoms with Gasteiger partial charge in [0.1, 0.15) is 0 Å². The number of carbonyl (C=O) groups excluding carboxylic acids is 1. The first-order valence-corrected chi connectivity index (χ1v) is 9.36. The van der Waals surface area contributed by atoms with Crippen LogP contribution in [0.15, 0.2) is 30.3 Å². The monoisotopic (exact) mass is 327 g/mol. The highest BCUT2D eigenvalue weighted by molar-refractivity contribution is 5.73. The molecule has 2 aliphatic carbocycles. The van der Waals surface area contributed by atoms with Crippen LogP contribution in [0.5, 0.6) is 0 Å². The molecule has 24 heavy (non-hydrogen) atoms. The van der Waals surface area contributed by atoms with Gasteiger partial charge in [-0.2, -0.15) is 0 Å². The molecule has 1 saturated heterocycles. The summed E-state index contributed by atoms with van der Waals surface area (Å²) >= 11 is 0. The Morgan fingerprint density at radius 2 is 2.04 bits per heavy atom. The molecule has 3 fully saturated rings. The van der Waals surface area contributed by atoms with Gasteiger partial charge in [-0.3, -0.25) is 4.79 Å². The summed E-state index contributed by atoms with van der Waals surface area (Å²) in [7, 11) is 0. The van der Waals surface area contributed by atoms with E-state index in [1.165, 1.54) is 18.4 Å². The standard InChI is InChI=1S/C21H29NO2/c1-14(23)22-19-20(2,3)16-12-17-18(11-15-7-5-4-6-8-15)24-10-9-21(17,19)13-16/h4-8,16-19H,9-13H2,1-3H3,(H,22,23)/t16-,17-,18-,19+,21?/m1/s1. The smallest absolute Gasteiger partial charge is 0.217 e. The molecule has 2 saturated carbocycles. The molecule has 3 nitrogen and oxygen atoms in total. The molecule has 1 N–H and O–H groups in total. The second-order valence-electron chi connectivity index (χ2n) is 8.78. The van der Waals surface area contributed by atoms with Gasteiger partial charge in [0.05, 0.1) is 6.10 Å². The molecule has 130 valence electrons. The number of ether oxygens (including phenoxy) is 1. The van der Waals surface area contributed by atoms with E-state index < -0.39 is 0 Å². The van der Waals surface area contributed by atoms with Crippen molar-refractivity contribution in [3.63, 3.8) is 0 Å². The number of rotatable bonds is 3. The quantitative estimate of drug-likeness (QED) is 0.921. The molecule has 1 heterocycles. The first kappa shape index (κ1) is 16.1. The third kappa shape index (κ3) is 2.32. The minimum atomic E-state index is 0.111. The number of amides is 1. The molecule has 1 spiro atoms. The highest BCUT2D eigenvalue weighted by Gasteiger charge is 2.68. The van der Waals surface area contributed by atoms with Gasteiger partial charge in [-0.25, -0.2) is 0 Å². The maximum atomic E-state index is 11.9. The zero-order valence-corrected chi connectivity index (χ0v) is 15.0. The fraction of sp³-hybridized carbons (Fsp3) is 0.667. The van der Waals surface area contributed by atoms with Crippen LogP contribution in [0.2, 0.25) is 0 Å². The van der Waals surface area contributed by atoms with Gasteiger partial charge in [-0.05, 0) is 53.9 Å². The molecule has 4 rings (SSSR count). The minimum absolute atomic E-state index is 0.111. The zero-order valence-electron chi connectivity index (χ0n) is 15.0. The molecule has 3 heteroatoms. The average molecular weight is 327 g/mol. The largest absolute Gasteiger partial charge is 0.378 e. The van der Waals surface area contributed by atoms with E-state index in [0.29, 0.717) is 17.9 Å². The summed E-state index contributed by atoms with van der Waals surface area (Å²) in [4.78, 5) is 11.9. The van der Waals surface area contributed by atoms with Gasteiger partial charge in [-0.1, -0.05) is 44.2 Å². The maximum Gasteiger partial charge on any atom is 0.217 e. The van der Waals surface area contributed by atoms with E-state index in [1.807, 2.05) is 0 Å². The Bertz CT molecular complexity index is 626. The number of fused-ring (bicyclic) bond motifs is 1. The Kier molecular flexibility index (Phi) is 3.76. The van der Waals surface area contributed by atoms with Crippen molar-refractivity contribution in [2.75, 3.05) is 6.61 Å². The van der Waals surface area contributed by atoms with Gasteiger partial charge < -0.3 is 10.1 Å². The van der Waals surface area contributed by atoms with Crippen molar-refractivity contribution in [2.45, 2.75) is 58.6 Å². The number of nitrogens with one attached hydrogen (secondary N) is 1. The lowest BCUT2D eigenvalue weighted by atomic mass is 9.59. The van der Waals surface area contributed by atoms with E-state index in [9.17, 15) is 4.79 Å². The number of carbonyl (C=O) groups is 1. The highest BCUT2D eigenvalue weighted by Crippen LogP contribution is 2.68. The van der Waals surface area contributed by atoms with Crippen LogP contribution in [0.25, 0.3) is 0 Å². The first-order chi connectivity index (χ1) is 11.4. The molecule has 1 aromatic rings. The van der Waals surface area contributed by atoms with Crippen molar-refractivity contribution >= 4 is 5.91 Å². The van der Waals surface area contributed by atoms with Crippen LogP contribution in [0.1, 0.15) is 45.6 Å². The molecular formula is C21H29NO2. The lowest BCUT2D eigenvalue weighted by molar-refractivity contribution is -0.134. The van der Waals surface area contributed by atoms with Crippen LogP contribution >= 0.6 is 0 Å². The Labute approximate surface area is 145 Å². The lowest BCUT2D eigenvalue weighted by Crippen LogP contribution is -2.60. The van der Waals surface area contributed by atoms with E-state index in [4.69, 9.17) is 4.74 Å². The number of hydrogen-bond acceptors (Lipinski definition) is 2. The Morgan fingerprint density at radius 3 is 2.75 bits per heavy atom. The Hall–Kier alpha value is -1.35. The topological polar surface area (TPSA) is 38.3 Å². The Morgan fingerprint density at radius 1 is 1.29 bits per heavy atom. The van der Waals surface area contributed by atoms with Crippen LogP contribution in [0.3, 0.4) is 0 Å². The summed E-state index contributed by atoms with van der Waals surface area (Å²) in [6.45, 7) is 7.19. The van der Waals surface area contributed by atoms with Crippen molar-refractivity contribution in [3.05, 3.63) is 35.9 Å². The first-order valence-electron chi connectivity index (χ1n) is 9.36. The fourth-order valence-electron chi connectivity index (χ4n) is 6.16. The maximum absolute atomic E-state index is 11.9. The van der Waals surface area contributed by atoms with Gasteiger partial charge in [0.2, 0.25) is 5.91 Å². The SMILES string of the molecule is CC(=O)N[C@H]1C(C)(C)[C@@H]2C[C@@H]3[C@@H](Cc4ccccc4)OCCC31C2. The molecule has 0 radical (unpaired) electrons. The van der Waals surface area contributed by atoms with Gasteiger partial charge in [-0.15, -0.1) is 0 Å². The van der Waals surface area contributed by atoms with Crippen LogP contribution in [-0.4, -0.2) is 24.7 Å².